The number of amides is 3. The van der Waals surface area contributed by atoms with Crippen LogP contribution in [0.5, 0.6) is 5.75 Å². The zero-order valence-electron chi connectivity index (χ0n) is 24.9. The fourth-order valence-corrected chi connectivity index (χ4v) is 5.32. The van der Waals surface area contributed by atoms with Crippen LogP contribution < -0.4 is 20.7 Å². The van der Waals surface area contributed by atoms with Crippen molar-refractivity contribution in [3.63, 3.8) is 0 Å². The second-order valence-electron chi connectivity index (χ2n) is 10.1. The quantitative estimate of drug-likeness (QED) is 0.0904. The normalized spacial score (nSPS) is 11.0. The molecular weight excluding hydrogens is 653 g/mol. The van der Waals surface area contributed by atoms with E-state index >= 15 is 0 Å². The molecule has 0 unspecified atom stereocenters. The molecule has 0 radical (unpaired) electrons. The lowest BCUT2D eigenvalue weighted by Gasteiger charge is -2.12. The van der Waals surface area contributed by atoms with Crippen molar-refractivity contribution in [1.82, 2.24) is 5.32 Å². The van der Waals surface area contributed by atoms with Crippen LogP contribution in [0.25, 0.3) is 6.08 Å². The number of hydrogen-bond donors (Lipinski definition) is 3. The SMILES string of the molecule is O=C(CSc1ccc(NC(=O)/C(=C/c2ccc(OCc3ccccc3)cc2)NC(=O)c2ccccc2)cc1)Nc1cccc(Cl)c1Cl. The Morgan fingerprint density at radius 3 is 2.11 bits per heavy atom. The lowest BCUT2D eigenvalue weighted by molar-refractivity contribution is -0.114. The molecule has 5 aromatic rings. The molecule has 0 aromatic heterocycles. The molecular formula is C37H29Cl2N3O4S. The molecule has 0 bridgehead atoms. The van der Waals surface area contributed by atoms with E-state index in [1.54, 1.807) is 72.8 Å². The Labute approximate surface area is 287 Å². The number of thioether (sulfide) groups is 1. The molecule has 10 heteroatoms. The molecule has 0 spiro atoms. The van der Waals surface area contributed by atoms with E-state index in [1.807, 2.05) is 60.7 Å². The fraction of sp³-hybridized carbons (Fsp3) is 0.0541. The van der Waals surface area contributed by atoms with Gasteiger partial charge < -0.3 is 20.7 Å². The molecule has 47 heavy (non-hydrogen) atoms. The first kappa shape index (κ1) is 33.3. The van der Waals surface area contributed by atoms with Gasteiger partial charge in [-0.3, -0.25) is 14.4 Å². The second-order valence-corrected chi connectivity index (χ2v) is 12.0. The molecule has 3 amide bonds. The number of ether oxygens (including phenoxy) is 1. The van der Waals surface area contributed by atoms with Crippen molar-refractivity contribution < 1.29 is 19.1 Å². The Kier molecular flexibility index (Phi) is 11.7. The molecule has 3 N–H and O–H groups in total. The number of rotatable bonds is 12. The van der Waals surface area contributed by atoms with Gasteiger partial charge in [0.15, 0.2) is 0 Å². The Bertz CT molecular complexity index is 1870. The number of nitrogens with one attached hydrogen (secondary N) is 3. The second kappa shape index (κ2) is 16.5. The van der Waals surface area contributed by atoms with Gasteiger partial charge in [0.25, 0.3) is 11.8 Å². The lowest BCUT2D eigenvalue weighted by atomic mass is 10.1. The van der Waals surface area contributed by atoms with Gasteiger partial charge in [-0.25, -0.2) is 0 Å². The largest absolute Gasteiger partial charge is 0.489 e. The van der Waals surface area contributed by atoms with E-state index in [9.17, 15) is 14.4 Å². The van der Waals surface area contributed by atoms with Crippen molar-refractivity contribution in [3.8, 4) is 5.75 Å². The highest BCUT2D eigenvalue weighted by molar-refractivity contribution is 8.00. The molecule has 0 atom stereocenters. The van der Waals surface area contributed by atoms with Crippen LogP contribution in [0.2, 0.25) is 10.0 Å². The average Bonchev–Trinajstić information content (AvgIpc) is 3.10. The van der Waals surface area contributed by atoms with Gasteiger partial charge in [0.1, 0.15) is 18.1 Å². The topological polar surface area (TPSA) is 96.5 Å². The van der Waals surface area contributed by atoms with E-state index < -0.39 is 11.8 Å². The number of halogens is 2. The molecule has 7 nitrogen and oxygen atoms in total. The summed E-state index contributed by atoms with van der Waals surface area (Å²) in [6.07, 6.45) is 1.60. The standard InChI is InChI=1S/C37H29Cl2N3O4S/c38-31-12-7-13-32(35(31)39)41-34(43)24-47-30-20-16-28(17-21-30)40-37(45)33(42-36(44)27-10-5-2-6-11-27)22-25-14-18-29(19-15-25)46-23-26-8-3-1-4-9-26/h1-22H,23-24H2,(H,40,45)(H,41,43)(H,42,44)/b33-22-. The average molecular weight is 683 g/mol. The van der Waals surface area contributed by atoms with Crippen LogP contribution in [0.1, 0.15) is 21.5 Å². The highest BCUT2D eigenvalue weighted by Crippen LogP contribution is 2.30. The monoisotopic (exact) mass is 681 g/mol. The molecule has 0 aliphatic heterocycles. The summed E-state index contributed by atoms with van der Waals surface area (Å²) in [5.74, 6) is -0.343. The van der Waals surface area contributed by atoms with Gasteiger partial charge in [-0.05, 0) is 77.9 Å². The van der Waals surface area contributed by atoms with Crippen LogP contribution in [0.4, 0.5) is 11.4 Å². The van der Waals surface area contributed by atoms with Crippen LogP contribution in [0.3, 0.4) is 0 Å². The van der Waals surface area contributed by atoms with E-state index in [2.05, 4.69) is 16.0 Å². The first-order valence-corrected chi connectivity index (χ1v) is 16.2. The maximum Gasteiger partial charge on any atom is 0.272 e. The Hall–Kier alpha value is -5.02. The Morgan fingerprint density at radius 1 is 0.723 bits per heavy atom. The Balaban J connectivity index is 1.23. The predicted molar refractivity (Wildman–Crippen MR) is 190 cm³/mol. The number of anilines is 2. The lowest BCUT2D eigenvalue weighted by Crippen LogP contribution is -2.30. The third kappa shape index (κ3) is 9.98. The maximum atomic E-state index is 13.4. The van der Waals surface area contributed by atoms with Gasteiger partial charge in [0, 0.05) is 16.1 Å². The molecule has 0 heterocycles. The van der Waals surface area contributed by atoms with E-state index in [-0.39, 0.29) is 22.4 Å². The van der Waals surface area contributed by atoms with Gasteiger partial charge >= 0.3 is 0 Å². The summed E-state index contributed by atoms with van der Waals surface area (Å²) < 4.78 is 5.87. The van der Waals surface area contributed by atoms with Crippen LogP contribution >= 0.6 is 35.0 Å². The molecule has 236 valence electrons. The summed E-state index contributed by atoms with van der Waals surface area (Å²) in [5, 5.41) is 8.98. The summed E-state index contributed by atoms with van der Waals surface area (Å²) in [4.78, 5) is 39.7. The van der Waals surface area contributed by atoms with E-state index in [4.69, 9.17) is 27.9 Å². The van der Waals surface area contributed by atoms with Crippen LogP contribution in [0.15, 0.2) is 138 Å². The highest BCUT2D eigenvalue weighted by Gasteiger charge is 2.16. The van der Waals surface area contributed by atoms with Gasteiger partial charge in [-0.1, -0.05) is 89.9 Å². The van der Waals surface area contributed by atoms with Crippen molar-refractivity contribution in [2.45, 2.75) is 11.5 Å². The van der Waals surface area contributed by atoms with Gasteiger partial charge in [0.2, 0.25) is 5.91 Å². The van der Waals surface area contributed by atoms with E-state index in [0.29, 0.717) is 39.9 Å². The summed E-state index contributed by atoms with van der Waals surface area (Å²) in [5.41, 5.74) is 3.18. The fourth-order valence-electron chi connectivity index (χ4n) is 4.28. The molecule has 0 aliphatic rings. The zero-order chi connectivity index (χ0) is 33.0. The van der Waals surface area contributed by atoms with Crippen molar-refractivity contribution in [1.29, 1.82) is 0 Å². The maximum absolute atomic E-state index is 13.4. The minimum absolute atomic E-state index is 0.0617. The van der Waals surface area contributed by atoms with E-state index in [1.165, 1.54) is 11.8 Å². The number of carbonyl (C=O) groups excluding carboxylic acids is 3. The van der Waals surface area contributed by atoms with Crippen LogP contribution in [-0.2, 0) is 16.2 Å². The Morgan fingerprint density at radius 2 is 1.40 bits per heavy atom. The minimum Gasteiger partial charge on any atom is -0.489 e. The molecule has 5 rings (SSSR count). The van der Waals surface area contributed by atoms with Gasteiger partial charge in [-0.2, -0.15) is 0 Å². The summed E-state index contributed by atoms with van der Waals surface area (Å²) >= 11 is 13.5. The zero-order valence-corrected chi connectivity index (χ0v) is 27.2. The number of hydrogen-bond acceptors (Lipinski definition) is 5. The summed E-state index contributed by atoms with van der Waals surface area (Å²) in [7, 11) is 0. The minimum atomic E-state index is -0.503. The van der Waals surface area contributed by atoms with Crippen molar-refractivity contribution in [3.05, 3.63) is 160 Å². The molecule has 0 saturated heterocycles. The molecule has 0 saturated carbocycles. The van der Waals surface area contributed by atoms with Crippen molar-refractivity contribution in [2.24, 2.45) is 0 Å². The van der Waals surface area contributed by atoms with E-state index in [0.717, 1.165) is 10.5 Å². The predicted octanol–water partition coefficient (Wildman–Crippen LogP) is 8.71. The summed E-state index contributed by atoms with van der Waals surface area (Å²) in [6.45, 7) is 0.430. The van der Waals surface area contributed by atoms with Crippen LogP contribution in [0, 0.1) is 0 Å². The van der Waals surface area contributed by atoms with Crippen molar-refractivity contribution in [2.75, 3.05) is 16.4 Å². The number of carbonyl (C=O) groups is 3. The summed E-state index contributed by atoms with van der Waals surface area (Å²) in [6, 6.07) is 37.8. The smallest absolute Gasteiger partial charge is 0.272 e. The third-order valence-corrected chi connectivity index (χ3v) is 8.51. The van der Waals surface area contributed by atoms with Gasteiger partial charge in [0.05, 0.1) is 21.5 Å². The first-order chi connectivity index (χ1) is 22.8. The highest BCUT2D eigenvalue weighted by atomic mass is 35.5. The number of benzene rings is 5. The molecule has 0 fully saturated rings. The molecule has 0 aliphatic carbocycles. The molecule has 5 aromatic carbocycles. The van der Waals surface area contributed by atoms with Gasteiger partial charge in [-0.15, -0.1) is 11.8 Å². The third-order valence-electron chi connectivity index (χ3n) is 6.68. The van der Waals surface area contributed by atoms with Crippen molar-refractivity contribution >= 4 is 70.1 Å². The first-order valence-electron chi connectivity index (χ1n) is 14.5. The van der Waals surface area contributed by atoms with Crippen LogP contribution in [-0.4, -0.2) is 23.5 Å².